The molecule has 0 saturated heterocycles. The van der Waals surface area contributed by atoms with Crippen LogP contribution in [-0.4, -0.2) is 18.5 Å². The predicted octanol–water partition coefficient (Wildman–Crippen LogP) is 2.62. The number of ether oxygens (including phenoxy) is 1. The smallest absolute Gasteiger partial charge is 0.379 e. The van der Waals surface area contributed by atoms with E-state index in [4.69, 9.17) is 5.73 Å². The van der Waals surface area contributed by atoms with Crippen molar-refractivity contribution in [1.29, 1.82) is 0 Å². The molecule has 2 N–H and O–H groups in total. The summed E-state index contributed by atoms with van der Waals surface area (Å²) >= 11 is 0. The van der Waals surface area contributed by atoms with E-state index in [1.807, 2.05) is 0 Å². The van der Waals surface area contributed by atoms with Crippen molar-refractivity contribution in [2.24, 2.45) is 5.73 Å². The van der Waals surface area contributed by atoms with Crippen LogP contribution in [0.1, 0.15) is 24.1 Å². The Morgan fingerprint density at radius 3 is 2.61 bits per heavy atom. The first-order valence-electron chi connectivity index (χ1n) is 5.26. The molecule has 1 aromatic carbocycles. The third-order valence-corrected chi connectivity index (χ3v) is 2.34. The normalized spacial score (nSPS) is 12.5. The largest absolute Gasteiger partial charge is 0.462 e. The number of esters is 1. The molecule has 0 spiro atoms. The summed E-state index contributed by atoms with van der Waals surface area (Å²) in [5.74, 6) is -5.31. The number of hydrogen-bond acceptors (Lipinski definition) is 3. The van der Waals surface area contributed by atoms with Crippen molar-refractivity contribution in [2.75, 3.05) is 6.61 Å². The molecule has 1 aromatic rings. The summed E-state index contributed by atoms with van der Waals surface area (Å²) in [4.78, 5) is 11.1. The van der Waals surface area contributed by atoms with Gasteiger partial charge in [-0.15, -0.1) is 12.4 Å². The Bertz CT molecular complexity index is 413. The molecule has 3 nitrogen and oxygen atoms in total. The lowest BCUT2D eigenvalue weighted by Crippen LogP contribution is -2.41. The van der Waals surface area contributed by atoms with Crippen LogP contribution in [-0.2, 0) is 9.53 Å². The van der Waals surface area contributed by atoms with Crippen LogP contribution < -0.4 is 5.73 Å². The van der Waals surface area contributed by atoms with Crippen molar-refractivity contribution >= 4 is 18.4 Å². The summed E-state index contributed by atoms with van der Waals surface area (Å²) < 4.78 is 31.5. The van der Waals surface area contributed by atoms with Gasteiger partial charge in [0.15, 0.2) is 0 Å². The van der Waals surface area contributed by atoms with Crippen molar-refractivity contribution in [3.05, 3.63) is 35.4 Å². The van der Waals surface area contributed by atoms with E-state index in [2.05, 4.69) is 4.74 Å². The Morgan fingerprint density at radius 2 is 2.11 bits per heavy atom. The van der Waals surface area contributed by atoms with Crippen LogP contribution in [0.3, 0.4) is 0 Å². The number of aryl methyl sites for hydroxylation is 1. The minimum absolute atomic E-state index is 0. The fourth-order valence-electron chi connectivity index (χ4n) is 1.43. The third-order valence-electron chi connectivity index (χ3n) is 2.34. The van der Waals surface area contributed by atoms with Gasteiger partial charge in [-0.3, -0.25) is 0 Å². The molecule has 18 heavy (non-hydrogen) atoms. The summed E-state index contributed by atoms with van der Waals surface area (Å²) in [6.45, 7) is 3.12. The lowest BCUT2D eigenvalue weighted by Gasteiger charge is -2.22. The van der Waals surface area contributed by atoms with E-state index in [-0.39, 0.29) is 24.6 Å². The summed E-state index contributed by atoms with van der Waals surface area (Å²) in [5, 5.41) is 0. The van der Waals surface area contributed by atoms with Gasteiger partial charge < -0.3 is 10.5 Å². The van der Waals surface area contributed by atoms with E-state index in [0.29, 0.717) is 0 Å². The lowest BCUT2D eigenvalue weighted by molar-refractivity contribution is -0.174. The zero-order chi connectivity index (χ0) is 13.1. The minimum atomic E-state index is -3.72. The maximum Gasteiger partial charge on any atom is 0.379 e. The van der Waals surface area contributed by atoms with Crippen molar-refractivity contribution < 1.29 is 18.3 Å². The highest BCUT2D eigenvalue weighted by molar-refractivity contribution is 5.85. The summed E-state index contributed by atoms with van der Waals surface area (Å²) in [5.41, 5.74) is 6.44. The molecule has 0 aliphatic heterocycles. The number of nitrogens with two attached hydrogens (primary N) is 1. The minimum Gasteiger partial charge on any atom is -0.462 e. The van der Waals surface area contributed by atoms with Gasteiger partial charge in [0.2, 0.25) is 0 Å². The Hall–Kier alpha value is -1.20. The van der Waals surface area contributed by atoms with E-state index < -0.39 is 17.9 Å². The lowest BCUT2D eigenvalue weighted by atomic mass is 10.00. The van der Waals surface area contributed by atoms with Crippen LogP contribution in [0.25, 0.3) is 0 Å². The van der Waals surface area contributed by atoms with Crippen LogP contribution >= 0.6 is 12.4 Å². The molecule has 0 unspecified atom stereocenters. The van der Waals surface area contributed by atoms with Crippen molar-refractivity contribution in [1.82, 2.24) is 0 Å². The Balaban J connectivity index is 0.00000289. The maximum absolute atomic E-state index is 13.6. The molecule has 0 amide bonds. The Labute approximate surface area is 111 Å². The monoisotopic (exact) mass is 279 g/mol. The molecule has 0 fully saturated rings. The maximum atomic E-state index is 13.6. The summed E-state index contributed by atoms with van der Waals surface area (Å²) in [6.07, 6.45) is 0. The molecular weight excluding hydrogens is 264 g/mol. The highest BCUT2D eigenvalue weighted by atomic mass is 35.5. The predicted molar refractivity (Wildman–Crippen MR) is 66.9 cm³/mol. The number of halogens is 3. The van der Waals surface area contributed by atoms with Crippen LogP contribution in [0.4, 0.5) is 8.78 Å². The zero-order valence-electron chi connectivity index (χ0n) is 10.2. The van der Waals surface area contributed by atoms with Crippen LogP contribution in [0.5, 0.6) is 0 Å². The molecule has 0 saturated carbocycles. The number of carbonyl (C=O) groups is 1. The molecule has 0 bridgehead atoms. The van der Waals surface area contributed by atoms with E-state index in [1.165, 1.54) is 19.1 Å². The number of hydrogen-bond donors (Lipinski definition) is 1. The van der Waals surface area contributed by atoms with E-state index in [0.717, 1.165) is 5.56 Å². The molecule has 0 aliphatic carbocycles. The first kappa shape index (κ1) is 16.8. The molecule has 0 aromatic heterocycles. The van der Waals surface area contributed by atoms with Gasteiger partial charge in [-0.2, -0.15) is 8.78 Å². The van der Waals surface area contributed by atoms with E-state index in [9.17, 15) is 13.6 Å². The van der Waals surface area contributed by atoms with Gasteiger partial charge in [0, 0.05) is 0 Å². The molecule has 1 atom stereocenters. The zero-order valence-corrected chi connectivity index (χ0v) is 11.0. The standard InChI is InChI=1S/C12H15F2NO2.ClH/c1-3-17-11(16)12(13,14)10(15)9-6-4-5-8(2)7-9;/h4-7,10H,3,15H2,1-2H3;1H/t10-;/m0./s1. The van der Waals surface area contributed by atoms with Gasteiger partial charge in [0.1, 0.15) is 6.04 Å². The number of carbonyl (C=O) groups excluding carboxylic acids is 1. The van der Waals surface area contributed by atoms with Gasteiger partial charge in [-0.05, 0) is 19.4 Å². The van der Waals surface area contributed by atoms with Gasteiger partial charge in [0.25, 0.3) is 0 Å². The van der Waals surface area contributed by atoms with Crippen molar-refractivity contribution in [3.63, 3.8) is 0 Å². The number of rotatable bonds is 4. The first-order chi connectivity index (χ1) is 7.89. The quantitative estimate of drug-likeness (QED) is 0.862. The molecule has 0 heterocycles. The molecule has 1 rings (SSSR count). The second kappa shape index (κ2) is 6.66. The SMILES string of the molecule is CCOC(=O)C(F)(F)[C@@H](N)c1cccc(C)c1.Cl. The number of alkyl halides is 2. The molecule has 0 aliphatic rings. The molecule has 6 heteroatoms. The fraction of sp³-hybridized carbons (Fsp3) is 0.417. The van der Waals surface area contributed by atoms with Crippen molar-refractivity contribution in [2.45, 2.75) is 25.8 Å². The first-order valence-corrected chi connectivity index (χ1v) is 5.26. The van der Waals surface area contributed by atoms with Gasteiger partial charge in [-0.25, -0.2) is 4.79 Å². The van der Waals surface area contributed by atoms with Crippen molar-refractivity contribution in [3.8, 4) is 0 Å². The summed E-state index contributed by atoms with van der Waals surface area (Å²) in [6, 6.07) is 4.68. The Kier molecular flexibility index (Phi) is 6.21. The molecule has 102 valence electrons. The highest BCUT2D eigenvalue weighted by Crippen LogP contribution is 2.30. The second-order valence-electron chi connectivity index (χ2n) is 3.74. The molecular formula is C12H16ClF2NO2. The average molecular weight is 280 g/mol. The van der Waals surface area contributed by atoms with Gasteiger partial charge in [0.05, 0.1) is 6.61 Å². The average Bonchev–Trinajstić information content (AvgIpc) is 2.28. The van der Waals surface area contributed by atoms with E-state index in [1.54, 1.807) is 19.1 Å². The van der Waals surface area contributed by atoms with Crippen LogP contribution in [0, 0.1) is 6.92 Å². The number of benzene rings is 1. The van der Waals surface area contributed by atoms with E-state index >= 15 is 0 Å². The summed E-state index contributed by atoms with van der Waals surface area (Å²) in [7, 11) is 0. The van der Waals surface area contributed by atoms with Gasteiger partial charge in [-0.1, -0.05) is 29.8 Å². The van der Waals surface area contributed by atoms with Crippen LogP contribution in [0.15, 0.2) is 24.3 Å². The Morgan fingerprint density at radius 1 is 1.50 bits per heavy atom. The van der Waals surface area contributed by atoms with Gasteiger partial charge >= 0.3 is 11.9 Å². The third kappa shape index (κ3) is 3.65. The second-order valence-corrected chi connectivity index (χ2v) is 3.74. The fourth-order valence-corrected chi connectivity index (χ4v) is 1.43. The topological polar surface area (TPSA) is 52.3 Å². The van der Waals surface area contributed by atoms with Crippen LogP contribution in [0.2, 0.25) is 0 Å². The molecule has 0 radical (unpaired) electrons. The highest BCUT2D eigenvalue weighted by Gasteiger charge is 2.47.